The number of anilines is 2. The summed E-state index contributed by atoms with van der Waals surface area (Å²) in [5, 5.41) is 2.83. The molecule has 0 aliphatic carbocycles. The summed E-state index contributed by atoms with van der Waals surface area (Å²) < 4.78 is 33.2. The van der Waals surface area contributed by atoms with E-state index < -0.39 is 10.0 Å². The lowest BCUT2D eigenvalue weighted by molar-refractivity contribution is -0.117. The Morgan fingerprint density at radius 2 is 1.66 bits per heavy atom. The van der Waals surface area contributed by atoms with Crippen LogP contribution in [-0.2, 0) is 21.4 Å². The molecule has 0 saturated carbocycles. The van der Waals surface area contributed by atoms with Crippen LogP contribution in [0.25, 0.3) is 0 Å². The molecule has 3 aromatic rings. The van der Waals surface area contributed by atoms with Crippen LogP contribution in [0.2, 0.25) is 0 Å². The molecule has 0 atom stereocenters. The Kier molecular flexibility index (Phi) is 7.36. The number of carbonyl (C=O) groups excluding carboxylic acids is 2. The normalized spacial score (nSPS) is 13.5. The number of carbonyl (C=O) groups is 2. The zero-order chi connectivity index (χ0) is 24.8. The summed E-state index contributed by atoms with van der Waals surface area (Å²) >= 11 is 0. The first-order chi connectivity index (χ1) is 16.9. The molecule has 8 nitrogen and oxygen atoms in total. The highest BCUT2D eigenvalue weighted by atomic mass is 32.2. The highest BCUT2D eigenvalue weighted by molar-refractivity contribution is 7.92. The van der Waals surface area contributed by atoms with Gasteiger partial charge in [0.2, 0.25) is 5.91 Å². The van der Waals surface area contributed by atoms with Crippen LogP contribution in [0, 0.1) is 0 Å². The van der Waals surface area contributed by atoms with Gasteiger partial charge in [-0.1, -0.05) is 12.1 Å². The lowest BCUT2D eigenvalue weighted by Crippen LogP contribution is -2.24. The molecule has 1 saturated heterocycles. The molecule has 1 aliphatic heterocycles. The van der Waals surface area contributed by atoms with E-state index in [1.54, 1.807) is 29.2 Å². The molecule has 0 unspecified atom stereocenters. The summed E-state index contributed by atoms with van der Waals surface area (Å²) in [6, 6.07) is 19.9. The van der Waals surface area contributed by atoms with Crippen molar-refractivity contribution in [3.05, 3.63) is 83.9 Å². The molecular weight excluding hydrogens is 466 g/mol. The number of rotatable bonds is 9. The highest BCUT2D eigenvalue weighted by Crippen LogP contribution is 2.22. The number of nitrogens with one attached hydrogen (secondary N) is 2. The molecular formula is C26H27N3O5S. The molecule has 35 heavy (non-hydrogen) atoms. The van der Waals surface area contributed by atoms with E-state index in [1.165, 1.54) is 24.3 Å². The van der Waals surface area contributed by atoms with Crippen LogP contribution in [0.5, 0.6) is 5.75 Å². The Bertz CT molecular complexity index is 1290. The van der Waals surface area contributed by atoms with Crippen molar-refractivity contribution in [3.63, 3.8) is 0 Å². The van der Waals surface area contributed by atoms with E-state index in [0.717, 1.165) is 24.2 Å². The van der Waals surface area contributed by atoms with E-state index in [4.69, 9.17) is 4.74 Å². The average Bonchev–Trinajstić information content (AvgIpc) is 3.30. The SMILES string of the molecule is CCOc1ccc(NS(=O)(=O)c2ccc(C(=O)NCc3ccc(N4CCCC4=O)cc3)cc2)cc1. The number of hydrogen-bond acceptors (Lipinski definition) is 5. The Hall–Kier alpha value is -3.85. The van der Waals surface area contributed by atoms with Crippen LogP contribution in [0.4, 0.5) is 11.4 Å². The number of amides is 2. The molecule has 0 spiro atoms. The van der Waals surface area contributed by atoms with Gasteiger partial charge >= 0.3 is 0 Å². The van der Waals surface area contributed by atoms with Gasteiger partial charge in [0.15, 0.2) is 0 Å². The van der Waals surface area contributed by atoms with Gasteiger partial charge in [-0.15, -0.1) is 0 Å². The van der Waals surface area contributed by atoms with Crippen LogP contribution < -0.4 is 19.7 Å². The third-order valence-electron chi connectivity index (χ3n) is 5.62. The molecule has 1 heterocycles. The predicted octanol–water partition coefficient (Wildman–Crippen LogP) is 3.94. The second-order valence-electron chi connectivity index (χ2n) is 8.09. The van der Waals surface area contributed by atoms with E-state index in [0.29, 0.717) is 36.6 Å². The third kappa shape index (κ3) is 5.99. The second kappa shape index (κ2) is 10.6. The first kappa shape index (κ1) is 24.3. The quantitative estimate of drug-likeness (QED) is 0.470. The van der Waals surface area contributed by atoms with Crippen molar-refractivity contribution in [1.82, 2.24) is 5.32 Å². The van der Waals surface area contributed by atoms with Crippen LogP contribution in [0.3, 0.4) is 0 Å². The number of benzene rings is 3. The highest BCUT2D eigenvalue weighted by Gasteiger charge is 2.21. The van der Waals surface area contributed by atoms with E-state index in [1.807, 2.05) is 31.2 Å². The largest absolute Gasteiger partial charge is 0.494 e. The number of sulfonamides is 1. The van der Waals surface area contributed by atoms with Gasteiger partial charge in [-0.2, -0.15) is 0 Å². The van der Waals surface area contributed by atoms with Crippen LogP contribution in [-0.4, -0.2) is 33.4 Å². The van der Waals surface area contributed by atoms with Crippen molar-refractivity contribution >= 4 is 33.2 Å². The third-order valence-corrected chi connectivity index (χ3v) is 7.02. The minimum absolute atomic E-state index is 0.0509. The van der Waals surface area contributed by atoms with E-state index in [9.17, 15) is 18.0 Å². The zero-order valence-electron chi connectivity index (χ0n) is 19.4. The summed E-state index contributed by atoms with van der Waals surface area (Å²) in [7, 11) is -3.80. The van der Waals surface area contributed by atoms with Crippen molar-refractivity contribution in [2.45, 2.75) is 31.2 Å². The van der Waals surface area contributed by atoms with Crippen molar-refractivity contribution < 1.29 is 22.7 Å². The molecule has 182 valence electrons. The van der Waals surface area contributed by atoms with Crippen molar-refractivity contribution in [1.29, 1.82) is 0 Å². The first-order valence-electron chi connectivity index (χ1n) is 11.4. The topological polar surface area (TPSA) is 105 Å². The fraction of sp³-hybridized carbons (Fsp3) is 0.231. The van der Waals surface area contributed by atoms with Gasteiger partial charge in [0.25, 0.3) is 15.9 Å². The summed E-state index contributed by atoms with van der Waals surface area (Å²) in [6.07, 6.45) is 1.45. The van der Waals surface area contributed by atoms with E-state index in [-0.39, 0.29) is 16.7 Å². The van der Waals surface area contributed by atoms with Gasteiger partial charge in [-0.25, -0.2) is 8.42 Å². The monoisotopic (exact) mass is 493 g/mol. The summed E-state index contributed by atoms with van der Waals surface area (Å²) in [5.41, 5.74) is 2.52. The molecule has 4 rings (SSSR count). The van der Waals surface area contributed by atoms with Gasteiger partial charge in [0.05, 0.1) is 11.5 Å². The summed E-state index contributed by atoms with van der Waals surface area (Å²) in [5.74, 6) is 0.474. The number of ether oxygens (including phenoxy) is 1. The standard InChI is InChI=1S/C26H27N3O5S/c1-2-34-23-13-9-21(10-14-23)28-35(32,33)24-15-7-20(8-16-24)26(31)27-18-19-5-11-22(12-6-19)29-17-3-4-25(29)30/h5-16,28H,2-4,17-18H2,1H3,(H,27,31). The minimum Gasteiger partial charge on any atom is -0.494 e. The van der Waals surface area contributed by atoms with Crippen LogP contribution in [0.15, 0.2) is 77.7 Å². The molecule has 0 bridgehead atoms. The number of nitrogens with zero attached hydrogens (tertiary/aromatic N) is 1. The predicted molar refractivity (Wildman–Crippen MR) is 134 cm³/mol. The fourth-order valence-electron chi connectivity index (χ4n) is 3.78. The summed E-state index contributed by atoms with van der Waals surface area (Å²) in [6.45, 7) is 3.44. The maximum absolute atomic E-state index is 12.7. The van der Waals surface area contributed by atoms with Gasteiger partial charge in [-0.3, -0.25) is 14.3 Å². The zero-order valence-corrected chi connectivity index (χ0v) is 20.2. The van der Waals surface area contributed by atoms with Crippen LogP contribution in [0.1, 0.15) is 35.7 Å². The molecule has 9 heteroatoms. The molecule has 1 fully saturated rings. The van der Waals surface area contributed by atoms with E-state index >= 15 is 0 Å². The molecule has 0 aromatic heterocycles. The van der Waals surface area contributed by atoms with Gasteiger partial charge in [-0.05, 0) is 79.6 Å². The fourth-order valence-corrected chi connectivity index (χ4v) is 4.84. The smallest absolute Gasteiger partial charge is 0.261 e. The van der Waals surface area contributed by atoms with Crippen LogP contribution >= 0.6 is 0 Å². The van der Waals surface area contributed by atoms with Crippen molar-refractivity contribution in [2.24, 2.45) is 0 Å². The van der Waals surface area contributed by atoms with Gasteiger partial charge in [0.1, 0.15) is 5.75 Å². The minimum atomic E-state index is -3.80. The Morgan fingerprint density at radius 3 is 2.26 bits per heavy atom. The molecule has 3 aromatic carbocycles. The lowest BCUT2D eigenvalue weighted by Gasteiger charge is -2.16. The molecule has 2 N–H and O–H groups in total. The lowest BCUT2D eigenvalue weighted by atomic mass is 10.1. The molecule has 0 radical (unpaired) electrons. The maximum Gasteiger partial charge on any atom is 0.261 e. The number of hydrogen-bond donors (Lipinski definition) is 2. The van der Waals surface area contributed by atoms with Crippen molar-refractivity contribution in [2.75, 3.05) is 22.8 Å². The molecule has 2 amide bonds. The van der Waals surface area contributed by atoms with E-state index in [2.05, 4.69) is 10.0 Å². The summed E-state index contributed by atoms with van der Waals surface area (Å²) in [4.78, 5) is 26.2. The molecule has 1 aliphatic rings. The van der Waals surface area contributed by atoms with Gasteiger partial charge < -0.3 is 15.0 Å². The van der Waals surface area contributed by atoms with Crippen molar-refractivity contribution in [3.8, 4) is 5.75 Å². The Balaban J connectivity index is 1.33. The average molecular weight is 494 g/mol. The van der Waals surface area contributed by atoms with Gasteiger partial charge in [0, 0.05) is 36.4 Å². The maximum atomic E-state index is 12.7. The Labute approximate surface area is 205 Å². The second-order valence-corrected chi connectivity index (χ2v) is 9.77. The Morgan fingerprint density at radius 1 is 0.971 bits per heavy atom. The first-order valence-corrected chi connectivity index (χ1v) is 12.9.